The molecule has 34 heavy (non-hydrogen) atoms. The molecule has 0 aliphatic heterocycles. The van der Waals surface area contributed by atoms with Gasteiger partial charge in [0.25, 0.3) is 5.91 Å². The van der Waals surface area contributed by atoms with Crippen molar-refractivity contribution in [1.82, 2.24) is 24.9 Å². The Hall–Kier alpha value is -2.24. The van der Waals surface area contributed by atoms with Crippen LogP contribution in [-0.2, 0) is 19.1 Å². The number of carbonyl (C=O) groups is 1. The summed E-state index contributed by atoms with van der Waals surface area (Å²) in [5, 5.41) is 9.40. The molecule has 1 saturated carbocycles. The van der Waals surface area contributed by atoms with E-state index in [0.29, 0.717) is 18.0 Å². The molecule has 6 nitrogen and oxygen atoms in total. The molecule has 1 amide bonds. The van der Waals surface area contributed by atoms with Crippen molar-refractivity contribution in [1.29, 1.82) is 0 Å². The fourth-order valence-electron chi connectivity index (χ4n) is 3.12. The fourth-order valence-corrected chi connectivity index (χ4v) is 5.08. The summed E-state index contributed by atoms with van der Waals surface area (Å²) >= 11 is 3.06. The molecule has 3 aromatic heterocycles. The number of aromatic nitrogens is 4. The van der Waals surface area contributed by atoms with E-state index in [4.69, 9.17) is 0 Å². The molecule has 0 bridgehead atoms. The number of alkyl halides is 8. The van der Waals surface area contributed by atoms with Gasteiger partial charge in [-0.2, -0.15) is 45.3 Å². The van der Waals surface area contributed by atoms with Gasteiger partial charge in [0, 0.05) is 29.7 Å². The number of thiophene rings is 1. The van der Waals surface area contributed by atoms with Crippen molar-refractivity contribution in [2.24, 2.45) is 7.05 Å². The van der Waals surface area contributed by atoms with Crippen LogP contribution in [0, 0.1) is 2.88 Å². The lowest BCUT2D eigenvalue weighted by Gasteiger charge is -2.19. The molecule has 16 heteroatoms. The molecule has 1 fully saturated rings. The van der Waals surface area contributed by atoms with Crippen LogP contribution >= 0.6 is 33.9 Å². The number of aryl methyl sites for hydroxylation is 1. The standard InChI is InChI=1S/C18H12F8IN5OS/c1-31-15(11(17(21,22)23)12(30-31)16(19,20)18(24,25)26)32-6-7(5-28-32)10-4-9(13(27)34-10)14(33)29-8-2-3-8/h4-6,8H,2-3H2,1H3,(H,29,33). The van der Waals surface area contributed by atoms with Gasteiger partial charge in [-0.25, -0.2) is 9.36 Å². The Morgan fingerprint density at radius 2 is 1.82 bits per heavy atom. The second kappa shape index (κ2) is 8.17. The molecule has 0 aromatic carbocycles. The van der Waals surface area contributed by atoms with Gasteiger partial charge in [0.2, 0.25) is 0 Å². The van der Waals surface area contributed by atoms with Crippen molar-refractivity contribution < 1.29 is 39.9 Å². The van der Waals surface area contributed by atoms with Gasteiger partial charge in [-0.1, -0.05) is 0 Å². The predicted molar refractivity (Wildman–Crippen MR) is 112 cm³/mol. The van der Waals surface area contributed by atoms with E-state index in [9.17, 15) is 39.9 Å². The van der Waals surface area contributed by atoms with Crippen LogP contribution in [0.2, 0.25) is 0 Å². The average Bonchev–Trinajstić information content (AvgIpc) is 3.10. The second-order valence-electron chi connectivity index (χ2n) is 7.46. The number of hydrogen-bond donors (Lipinski definition) is 1. The quantitative estimate of drug-likeness (QED) is 0.301. The number of amides is 1. The molecule has 1 aliphatic carbocycles. The zero-order chi connectivity index (χ0) is 25.2. The highest BCUT2D eigenvalue weighted by Crippen LogP contribution is 2.49. The molecule has 3 heterocycles. The Labute approximate surface area is 203 Å². The first-order chi connectivity index (χ1) is 15.6. The zero-order valence-corrected chi connectivity index (χ0v) is 19.7. The minimum absolute atomic E-state index is 0.101. The van der Waals surface area contributed by atoms with Crippen LogP contribution in [0.5, 0.6) is 0 Å². The Kier molecular flexibility index (Phi) is 5.97. The van der Waals surface area contributed by atoms with Crippen LogP contribution in [0.15, 0.2) is 18.5 Å². The number of nitrogens with zero attached hydrogens (tertiary/aromatic N) is 4. The van der Waals surface area contributed by atoms with E-state index in [1.807, 2.05) is 22.6 Å². The third kappa shape index (κ3) is 4.40. The molecule has 184 valence electrons. The van der Waals surface area contributed by atoms with Crippen LogP contribution < -0.4 is 5.32 Å². The number of hydrogen-bond acceptors (Lipinski definition) is 4. The van der Waals surface area contributed by atoms with Crippen LogP contribution in [0.3, 0.4) is 0 Å². The van der Waals surface area contributed by atoms with E-state index in [0.717, 1.165) is 43.6 Å². The zero-order valence-electron chi connectivity index (χ0n) is 16.7. The van der Waals surface area contributed by atoms with Crippen molar-refractivity contribution in [3.8, 4) is 16.3 Å². The van der Waals surface area contributed by atoms with E-state index in [-0.39, 0.29) is 22.2 Å². The van der Waals surface area contributed by atoms with E-state index in [1.165, 1.54) is 6.07 Å². The predicted octanol–water partition coefficient (Wildman–Crippen LogP) is 5.50. The maximum atomic E-state index is 13.9. The lowest BCUT2D eigenvalue weighted by atomic mass is 10.1. The first-order valence-corrected chi connectivity index (χ1v) is 11.3. The van der Waals surface area contributed by atoms with Crippen LogP contribution in [0.25, 0.3) is 16.3 Å². The lowest BCUT2D eigenvalue weighted by molar-refractivity contribution is -0.292. The second-order valence-corrected chi connectivity index (χ2v) is 10.3. The molecule has 1 aliphatic rings. The van der Waals surface area contributed by atoms with E-state index >= 15 is 0 Å². The third-order valence-electron chi connectivity index (χ3n) is 4.88. The van der Waals surface area contributed by atoms with E-state index in [2.05, 4.69) is 15.5 Å². The van der Waals surface area contributed by atoms with Gasteiger partial charge in [0.15, 0.2) is 11.5 Å². The number of rotatable bonds is 5. The average molecular weight is 625 g/mol. The summed E-state index contributed by atoms with van der Waals surface area (Å²) in [5.41, 5.74) is -4.14. The van der Waals surface area contributed by atoms with Gasteiger partial charge < -0.3 is 5.32 Å². The van der Waals surface area contributed by atoms with Crippen molar-refractivity contribution in [3.63, 3.8) is 0 Å². The summed E-state index contributed by atoms with van der Waals surface area (Å²) < 4.78 is 109. The van der Waals surface area contributed by atoms with Gasteiger partial charge >= 0.3 is 18.3 Å². The summed E-state index contributed by atoms with van der Waals surface area (Å²) in [7, 11) is 0.802. The normalized spacial score (nSPS) is 15.1. The lowest BCUT2D eigenvalue weighted by Crippen LogP contribution is -2.36. The largest absolute Gasteiger partial charge is 0.459 e. The molecule has 0 spiro atoms. The van der Waals surface area contributed by atoms with Gasteiger partial charge in [-0.3, -0.25) is 4.79 Å². The molecule has 4 rings (SSSR count). The molecule has 0 radical (unpaired) electrons. The summed E-state index contributed by atoms with van der Waals surface area (Å²) in [5.74, 6) is -7.28. The SMILES string of the molecule is Cn1nc(C(F)(F)C(F)(F)F)c(C(F)(F)F)c1-n1cc(-c2cc(C(=O)NC3CC3)c(I)s2)cn1. The molecule has 0 unspecified atom stereocenters. The van der Waals surface area contributed by atoms with Crippen molar-refractivity contribution in [3.05, 3.63) is 38.2 Å². The van der Waals surface area contributed by atoms with E-state index < -0.39 is 35.4 Å². The molecular weight excluding hydrogens is 613 g/mol. The Balaban J connectivity index is 1.77. The maximum absolute atomic E-state index is 13.9. The molecule has 0 atom stereocenters. The van der Waals surface area contributed by atoms with Crippen molar-refractivity contribution in [2.45, 2.75) is 37.2 Å². The van der Waals surface area contributed by atoms with Gasteiger partial charge in [0.05, 0.1) is 14.6 Å². The van der Waals surface area contributed by atoms with Crippen LogP contribution in [-0.4, -0.2) is 37.7 Å². The highest BCUT2D eigenvalue weighted by atomic mass is 127. The van der Waals surface area contributed by atoms with Crippen LogP contribution in [0.4, 0.5) is 35.1 Å². The number of nitrogens with one attached hydrogen (secondary N) is 1. The minimum atomic E-state index is -6.29. The monoisotopic (exact) mass is 625 g/mol. The Morgan fingerprint density at radius 1 is 1.18 bits per heavy atom. The topological polar surface area (TPSA) is 64.7 Å². The summed E-state index contributed by atoms with van der Waals surface area (Å²) in [6.45, 7) is 0. The van der Waals surface area contributed by atoms with Gasteiger partial charge in [-0.05, 0) is 41.5 Å². The highest BCUT2D eigenvalue weighted by molar-refractivity contribution is 14.1. The molecule has 3 aromatic rings. The maximum Gasteiger partial charge on any atom is 0.459 e. The summed E-state index contributed by atoms with van der Waals surface area (Å²) in [6.07, 6.45) is -8.00. The molecular formula is C18H12F8IN5OS. The van der Waals surface area contributed by atoms with Crippen molar-refractivity contribution >= 4 is 39.8 Å². The number of halogens is 9. The van der Waals surface area contributed by atoms with E-state index in [1.54, 1.807) is 0 Å². The molecule has 0 saturated heterocycles. The first-order valence-electron chi connectivity index (χ1n) is 9.36. The Morgan fingerprint density at radius 3 is 2.38 bits per heavy atom. The highest BCUT2D eigenvalue weighted by Gasteiger charge is 2.64. The Bertz CT molecular complexity index is 1250. The third-order valence-corrected chi connectivity index (χ3v) is 7.10. The summed E-state index contributed by atoms with van der Waals surface area (Å²) in [6, 6.07) is 1.60. The van der Waals surface area contributed by atoms with Crippen molar-refractivity contribution in [2.75, 3.05) is 0 Å². The fraction of sp³-hybridized carbons (Fsp3) is 0.389. The molecule has 1 N–H and O–H groups in total. The van der Waals surface area contributed by atoms with Crippen LogP contribution in [0.1, 0.15) is 34.5 Å². The first kappa shape index (κ1) is 24.9. The van der Waals surface area contributed by atoms with Gasteiger partial charge in [-0.15, -0.1) is 11.3 Å². The minimum Gasteiger partial charge on any atom is -0.349 e. The smallest absolute Gasteiger partial charge is 0.349 e. The summed E-state index contributed by atoms with van der Waals surface area (Å²) in [4.78, 5) is 12.8. The number of carbonyl (C=O) groups excluding carboxylic acids is 1. The van der Waals surface area contributed by atoms with Gasteiger partial charge in [0.1, 0.15) is 5.56 Å².